The molecule has 0 bridgehead atoms. The van der Waals surface area contributed by atoms with E-state index in [4.69, 9.17) is 5.73 Å². The van der Waals surface area contributed by atoms with Crippen LogP contribution in [0, 0.1) is 5.82 Å². The molecule has 0 aliphatic rings. The Labute approximate surface area is 85.2 Å². The summed E-state index contributed by atoms with van der Waals surface area (Å²) in [4.78, 5) is 4.78. The zero-order valence-corrected chi connectivity index (χ0v) is 8.17. The number of nitrogens with two attached hydrogens (primary N) is 1. The average Bonchev–Trinajstić information content (AvgIpc) is 2.70. The van der Waals surface area contributed by atoms with Crippen molar-refractivity contribution in [3.05, 3.63) is 52.2 Å². The van der Waals surface area contributed by atoms with E-state index in [0.717, 1.165) is 4.88 Å². The van der Waals surface area contributed by atoms with Crippen molar-refractivity contribution in [1.82, 2.24) is 4.98 Å². The molecule has 14 heavy (non-hydrogen) atoms. The van der Waals surface area contributed by atoms with E-state index in [1.165, 1.54) is 17.4 Å². The number of hydrogen-bond donors (Lipinski definition) is 1. The van der Waals surface area contributed by atoms with Gasteiger partial charge in [0.2, 0.25) is 0 Å². The van der Waals surface area contributed by atoms with Gasteiger partial charge in [-0.1, -0.05) is 18.2 Å². The summed E-state index contributed by atoms with van der Waals surface area (Å²) in [5.41, 5.74) is 8.09. The van der Waals surface area contributed by atoms with Crippen LogP contribution in [0.25, 0.3) is 0 Å². The minimum Gasteiger partial charge on any atom is -0.319 e. The van der Waals surface area contributed by atoms with Crippen molar-refractivity contribution in [2.24, 2.45) is 5.73 Å². The minimum absolute atomic E-state index is 0.270. The fourth-order valence-corrected chi connectivity index (χ4v) is 1.90. The number of hydrogen-bond acceptors (Lipinski definition) is 3. The number of benzene rings is 1. The van der Waals surface area contributed by atoms with Crippen molar-refractivity contribution in [2.45, 2.75) is 6.04 Å². The lowest BCUT2D eigenvalue weighted by Crippen LogP contribution is -2.11. The molecule has 1 unspecified atom stereocenters. The molecule has 1 atom stereocenters. The van der Waals surface area contributed by atoms with Gasteiger partial charge in [0.1, 0.15) is 5.82 Å². The van der Waals surface area contributed by atoms with Gasteiger partial charge in [-0.2, -0.15) is 0 Å². The van der Waals surface area contributed by atoms with Crippen LogP contribution < -0.4 is 5.73 Å². The molecule has 0 saturated carbocycles. The first kappa shape index (κ1) is 9.30. The maximum atomic E-state index is 13.3. The Hall–Kier alpha value is -1.26. The van der Waals surface area contributed by atoms with E-state index >= 15 is 0 Å². The maximum absolute atomic E-state index is 13.3. The van der Waals surface area contributed by atoms with Crippen LogP contribution in [0.2, 0.25) is 0 Å². The van der Waals surface area contributed by atoms with Gasteiger partial charge in [0.15, 0.2) is 0 Å². The largest absolute Gasteiger partial charge is 0.319 e. The molecule has 1 aromatic carbocycles. The van der Waals surface area contributed by atoms with E-state index < -0.39 is 6.04 Å². The molecule has 0 radical (unpaired) electrons. The molecular formula is C10H9FN2S. The summed E-state index contributed by atoms with van der Waals surface area (Å²) in [6, 6.07) is 6.12. The molecule has 0 fully saturated rings. The first-order valence-corrected chi connectivity index (χ1v) is 5.05. The Kier molecular flexibility index (Phi) is 2.56. The minimum atomic E-state index is -0.413. The highest BCUT2D eigenvalue weighted by Gasteiger charge is 2.13. The molecular weight excluding hydrogens is 199 g/mol. The third-order valence-corrected chi connectivity index (χ3v) is 2.86. The summed E-state index contributed by atoms with van der Waals surface area (Å²) in [5, 5.41) is 0. The second-order valence-electron chi connectivity index (χ2n) is 2.90. The van der Waals surface area contributed by atoms with Gasteiger partial charge >= 0.3 is 0 Å². The zero-order valence-electron chi connectivity index (χ0n) is 7.35. The highest BCUT2D eigenvalue weighted by molar-refractivity contribution is 7.09. The van der Waals surface area contributed by atoms with Crippen molar-refractivity contribution in [1.29, 1.82) is 0 Å². The molecule has 2 aromatic rings. The maximum Gasteiger partial charge on any atom is 0.128 e. The summed E-state index contributed by atoms with van der Waals surface area (Å²) >= 11 is 1.43. The molecule has 0 spiro atoms. The number of halogens is 1. The molecule has 0 aliphatic heterocycles. The smallest absolute Gasteiger partial charge is 0.128 e. The van der Waals surface area contributed by atoms with Gasteiger partial charge in [-0.3, -0.25) is 4.98 Å². The molecule has 0 aliphatic carbocycles. The van der Waals surface area contributed by atoms with Crippen LogP contribution in [0.5, 0.6) is 0 Å². The van der Waals surface area contributed by atoms with E-state index in [0.29, 0.717) is 5.56 Å². The zero-order chi connectivity index (χ0) is 9.97. The van der Waals surface area contributed by atoms with Crippen molar-refractivity contribution in [3.63, 3.8) is 0 Å². The molecule has 0 saturated heterocycles. The normalized spacial score (nSPS) is 12.7. The number of nitrogens with zero attached hydrogens (tertiary/aromatic N) is 1. The van der Waals surface area contributed by atoms with Crippen LogP contribution in [0.1, 0.15) is 16.5 Å². The third-order valence-electron chi connectivity index (χ3n) is 2.00. The molecule has 72 valence electrons. The summed E-state index contributed by atoms with van der Waals surface area (Å²) in [6.07, 6.45) is 1.67. The molecule has 1 heterocycles. The van der Waals surface area contributed by atoms with Crippen molar-refractivity contribution < 1.29 is 4.39 Å². The van der Waals surface area contributed by atoms with Crippen molar-refractivity contribution >= 4 is 11.3 Å². The lowest BCUT2D eigenvalue weighted by Gasteiger charge is -2.09. The monoisotopic (exact) mass is 208 g/mol. The second kappa shape index (κ2) is 3.86. The van der Waals surface area contributed by atoms with Crippen molar-refractivity contribution in [2.75, 3.05) is 0 Å². The molecule has 0 amide bonds. The van der Waals surface area contributed by atoms with Crippen LogP contribution in [-0.4, -0.2) is 4.98 Å². The second-order valence-corrected chi connectivity index (χ2v) is 3.82. The van der Waals surface area contributed by atoms with Gasteiger partial charge in [0.25, 0.3) is 0 Å². The van der Waals surface area contributed by atoms with E-state index in [-0.39, 0.29) is 5.82 Å². The van der Waals surface area contributed by atoms with Crippen LogP contribution in [-0.2, 0) is 0 Å². The first-order valence-electron chi connectivity index (χ1n) is 4.17. The van der Waals surface area contributed by atoms with Gasteiger partial charge < -0.3 is 5.73 Å². The van der Waals surface area contributed by atoms with Gasteiger partial charge in [-0.15, -0.1) is 11.3 Å². The number of thiazole rings is 1. The Bertz CT molecular complexity index is 414. The Morgan fingerprint density at radius 2 is 2.14 bits per heavy atom. The summed E-state index contributed by atoms with van der Waals surface area (Å²) in [6.45, 7) is 0. The molecule has 1 aromatic heterocycles. The van der Waals surface area contributed by atoms with Gasteiger partial charge in [-0.25, -0.2) is 4.39 Å². The summed E-state index contributed by atoms with van der Waals surface area (Å²) in [7, 11) is 0. The van der Waals surface area contributed by atoms with Gasteiger partial charge in [0.05, 0.1) is 11.6 Å². The standard InChI is InChI=1S/C10H9FN2S/c11-8-4-2-1-3-7(8)10(12)9-5-13-6-14-9/h1-6,10H,12H2. The Balaban J connectivity index is 2.37. The fraction of sp³-hybridized carbons (Fsp3) is 0.100. The quantitative estimate of drug-likeness (QED) is 0.822. The molecule has 4 heteroatoms. The molecule has 2 nitrogen and oxygen atoms in total. The topological polar surface area (TPSA) is 38.9 Å². The summed E-state index contributed by atoms with van der Waals surface area (Å²) < 4.78 is 13.3. The highest BCUT2D eigenvalue weighted by atomic mass is 32.1. The van der Waals surface area contributed by atoms with Crippen LogP contribution >= 0.6 is 11.3 Å². The fourth-order valence-electron chi connectivity index (χ4n) is 1.26. The van der Waals surface area contributed by atoms with Gasteiger partial charge in [-0.05, 0) is 6.07 Å². The van der Waals surface area contributed by atoms with E-state index in [1.807, 2.05) is 0 Å². The number of rotatable bonds is 2. The third kappa shape index (κ3) is 1.66. The first-order chi connectivity index (χ1) is 6.79. The van der Waals surface area contributed by atoms with Crippen LogP contribution in [0.15, 0.2) is 36.0 Å². The van der Waals surface area contributed by atoms with E-state index in [1.54, 1.807) is 29.9 Å². The van der Waals surface area contributed by atoms with E-state index in [9.17, 15) is 4.39 Å². The van der Waals surface area contributed by atoms with E-state index in [2.05, 4.69) is 4.98 Å². The van der Waals surface area contributed by atoms with Crippen LogP contribution in [0.3, 0.4) is 0 Å². The predicted octanol–water partition coefficient (Wildman–Crippen LogP) is 2.33. The highest BCUT2D eigenvalue weighted by Crippen LogP contribution is 2.24. The van der Waals surface area contributed by atoms with Gasteiger partial charge in [0, 0.05) is 16.6 Å². The Morgan fingerprint density at radius 1 is 1.36 bits per heavy atom. The average molecular weight is 208 g/mol. The number of aromatic nitrogens is 1. The van der Waals surface area contributed by atoms with Crippen LogP contribution in [0.4, 0.5) is 4.39 Å². The van der Waals surface area contributed by atoms with Crippen molar-refractivity contribution in [3.8, 4) is 0 Å². The SMILES string of the molecule is NC(c1cncs1)c1ccccc1F. The Morgan fingerprint density at radius 3 is 2.79 bits per heavy atom. The molecule has 2 rings (SSSR count). The summed E-state index contributed by atoms with van der Waals surface area (Å²) in [5.74, 6) is -0.270. The lowest BCUT2D eigenvalue weighted by atomic mass is 10.1. The molecule has 2 N–H and O–H groups in total. The predicted molar refractivity (Wildman–Crippen MR) is 54.5 cm³/mol. The lowest BCUT2D eigenvalue weighted by molar-refractivity contribution is 0.601.